The number of morpholine rings is 1. The van der Waals surface area contributed by atoms with Gasteiger partial charge < -0.3 is 15.4 Å². The summed E-state index contributed by atoms with van der Waals surface area (Å²) in [7, 11) is 0. The summed E-state index contributed by atoms with van der Waals surface area (Å²) >= 11 is 0. The Bertz CT molecular complexity index is 295. The van der Waals surface area contributed by atoms with Crippen molar-refractivity contribution in [2.75, 3.05) is 19.8 Å². The summed E-state index contributed by atoms with van der Waals surface area (Å²) in [6.45, 7) is 6.19. The molecule has 0 radical (unpaired) electrons. The number of nitrogens with zero attached hydrogens (tertiary/aromatic N) is 1. The average Bonchev–Trinajstić information content (AvgIpc) is 2.28. The van der Waals surface area contributed by atoms with Crippen LogP contribution in [0.15, 0.2) is 0 Å². The van der Waals surface area contributed by atoms with Crippen LogP contribution in [0.3, 0.4) is 0 Å². The van der Waals surface area contributed by atoms with Gasteiger partial charge in [-0.25, -0.2) is 0 Å². The van der Waals surface area contributed by atoms with Gasteiger partial charge in [0.15, 0.2) is 0 Å². The lowest BCUT2D eigenvalue weighted by atomic mass is 9.76. The second kappa shape index (κ2) is 4.94. The second-order valence-corrected chi connectivity index (χ2v) is 5.78. The molecule has 0 bridgehead atoms. The van der Waals surface area contributed by atoms with Gasteiger partial charge in [-0.3, -0.25) is 4.79 Å². The van der Waals surface area contributed by atoms with E-state index >= 15 is 0 Å². The van der Waals surface area contributed by atoms with Crippen LogP contribution in [-0.2, 0) is 9.53 Å². The molecule has 2 N–H and O–H groups in total. The number of carbonyl (C=O) groups is 1. The maximum Gasteiger partial charge on any atom is 0.243 e. The van der Waals surface area contributed by atoms with Crippen LogP contribution in [0.1, 0.15) is 39.5 Å². The van der Waals surface area contributed by atoms with E-state index in [4.69, 9.17) is 10.5 Å². The number of carbonyl (C=O) groups excluding carboxylic acids is 1. The van der Waals surface area contributed by atoms with Crippen molar-refractivity contribution in [3.05, 3.63) is 0 Å². The molecule has 0 aromatic rings. The lowest BCUT2D eigenvalue weighted by Gasteiger charge is -2.42. The Morgan fingerprint density at radius 3 is 2.88 bits per heavy atom. The van der Waals surface area contributed by atoms with Crippen molar-refractivity contribution in [3.63, 3.8) is 0 Å². The Balaban J connectivity index is 2.06. The minimum atomic E-state index is -0.622. The number of nitrogens with two attached hydrogens (primary N) is 1. The molecule has 4 nitrogen and oxygen atoms in total. The van der Waals surface area contributed by atoms with Crippen LogP contribution in [-0.4, -0.2) is 42.1 Å². The molecule has 1 amide bonds. The van der Waals surface area contributed by atoms with Crippen LogP contribution in [0.4, 0.5) is 0 Å². The molecule has 3 atom stereocenters. The second-order valence-electron chi connectivity index (χ2n) is 5.78. The SMILES string of the molecule is CC1CCCC(N)(C(=O)N2CCOC[C@H]2C)C1. The summed E-state index contributed by atoms with van der Waals surface area (Å²) in [5.74, 6) is 0.703. The van der Waals surface area contributed by atoms with Crippen molar-refractivity contribution in [2.24, 2.45) is 11.7 Å². The third kappa shape index (κ3) is 2.63. The summed E-state index contributed by atoms with van der Waals surface area (Å²) in [6, 6.07) is 0.161. The fourth-order valence-electron chi connectivity index (χ4n) is 3.10. The molecular formula is C13H24N2O2. The molecule has 4 heteroatoms. The molecule has 1 aliphatic heterocycles. The highest BCUT2D eigenvalue weighted by atomic mass is 16.5. The van der Waals surface area contributed by atoms with E-state index in [-0.39, 0.29) is 11.9 Å². The molecule has 98 valence electrons. The van der Waals surface area contributed by atoms with E-state index in [9.17, 15) is 4.79 Å². The number of hydrogen-bond acceptors (Lipinski definition) is 3. The molecule has 0 spiro atoms. The van der Waals surface area contributed by atoms with Crippen molar-refractivity contribution in [1.82, 2.24) is 4.90 Å². The number of rotatable bonds is 1. The molecule has 0 aromatic heterocycles. The van der Waals surface area contributed by atoms with Gasteiger partial charge in [-0.15, -0.1) is 0 Å². The Kier molecular flexibility index (Phi) is 3.73. The predicted molar refractivity (Wildman–Crippen MR) is 66.5 cm³/mol. The normalized spacial score (nSPS) is 39.1. The zero-order chi connectivity index (χ0) is 12.5. The van der Waals surface area contributed by atoms with Crippen molar-refractivity contribution in [3.8, 4) is 0 Å². The molecule has 2 fully saturated rings. The fourth-order valence-corrected chi connectivity index (χ4v) is 3.10. The molecule has 2 aliphatic rings. The Morgan fingerprint density at radius 2 is 2.24 bits per heavy atom. The average molecular weight is 240 g/mol. The van der Waals surface area contributed by atoms with Gasteiger partial charge in [0.25, 0.3) is 0 Å². The van der Waals surface area contributed by atoms with Gasteiger partial charge in [0, 0.05) is 6.54 Å². The van der Waals surface area contributed by atoms with Gasteiger partial charge in [-0.1, -0.05) is 19.8 Å². The lowest BCUT2D eigenvalue weighted by molar-refractivity contribution is -0.146. The first kappa shape index (κ1) is 12.8. The van der Waals surface area contributed by atoms with Gasteiger partial charge in [-0.2, -0.15) is 0 Å². The highest BCUT2D eigenvalue weighted by Gasteiger charge is 2.42. The zero-order valence-corrected chi connectivity index (χ0v) is 10.9. The van der Waals surface area contributed by atoms with Crippen LogP contribution in [0, 0.1) is 5.92 Å². The predicted octanol–water partition coefficient (Wildman–Crippen LogP) is 1.14. The van der Waals surface area contributed by atoms with Crippen molar-refractivity contribution in [1.29, 1.82) is 0 Å². The van der Waals surface area contributed by atoms with Crippen molar-refractivity contribution in [2.45, 2.75) is 51.1 Å². The third-order valence-electron chi connectivity index (χ3n) is 4.09. The minimum Gasteiger partial charge on any atom is -0.377 e. The number of ether oxygens (including phenoxy) is 1. The highest BCUT2D eigenvalue weighted by Crippen LogP contribution is 2.32. The Morgan fingerprint density at radius 1 is 1.47 bits per heavy atom. The first-order valence-electron chi connectivity index (χ1n) is 6.70. The van der Waals surface area contributed by atoms with E-state index in [1.165, 1.54) is 6.42 Å². The molecule has 1 saturated heterocycles. The largest absolute Gasteiger partial charge is 0.377 e. The van der Waals surface area contributed by atoms with E-state index in [0.717, 1.165) is 19.3 Å². The summed E-state index contributed by atoms with van der Waals surface area (Å²) in [6.07, 6.45) is 3.93. The molecule has 2 unspecified atom stereocenters. The maximum absolute atomic E-state index is 12.6. The minimum absolute atomic E-state index is 0.139. The van der Waals surface area contributed by atoms with Crippen LogP contribution >= 0.6 is 0 Å². The van der Waals surface area contributed by atoms with Gasteiger partial charge in [0.2, 0.25) is 5.91 Å². The lowest BCUT2D eigenvalue weighted by Crippen LogP contribution is -2.61. The Labute approximate surface area is 103 Å². The summed E-state index contributed by atoms with van der Waals surface area (Å²) in [4.78, 5) is 14.5. The topological polar surface area (TPSA) is 55.6 Å². The smallest absolute Gasteiger partial charge is 0.243 e. The first-order valence-corrected chi connectivity index (χ1v) is 6.70. The summed E-state index contributed by atoms with van der Waals surface area (Å²) in [5.41, 5.74) is 5.73. The summed E-state index contributed by atoms with van der Waals surface area (Å²) in [5, 5.41) is 0. The molecule has 1 heterocycles. The van der Waals surface area contributed by atoms with Crippen molar-refractivity contribution >= 4 is 5.91 Å². The zero-order valence-electron chi connectivity index (χ0n) is 10.9. The van der Waals surface area contributed by atoms with Gasteiger partial charge in [0.1, 0.15) is 0 Å². The molecule has 1 aliphatic carbocycles. The molecule has 17 heavy (non-hydrogen) atoms. The number of amides is 1. The summed E-state index contributed by atoms with van der Waals surface area (Å²) < 4.78 is 5.37. The highest BCUT2D eigenvalue weighted by molar-refractivity contribution is 5.86. The fraction of sp³-hybridized carbons (Fsp3) is 0.923. The molecule has 1 saturated carbocycles. The van der Waals surface area contributed by atoms with Crippen LogP contribution < -0.4 is 5.73 Å². The third-order valence-corrected chi connectivity index (χ3v) is 4.09. The van der Waals surface area contributed by atoms with E-state index in [0.29, 0.717) is 25.7 Å². The van der Waals surface area contributed by atoms with E-state index in [1.807, 2.05) is 11.8 Å². The van der Waals surface area contributed by atoms with E-state index < -0.39 is 5.54 Å². The van der Waals surface area contributed by atoms with Gasteiger partial charge in [0.05, 0.1) is 24.8 Å². The monoisotopic (exact) mass is 240 g/mol. The molecular weight excluding hydrogens is 216 g/mol. The van der Waals surface area contributed by atoms with Crippen LogP contribution in [0.25, 0.3) is 0 Å². The van der Waals surface area contributed by atoms with Crippen molar-refractivity contribution < 1.29 is 9.53 Å². The maximum atomic E-state index is 12.6. The molecule has 2 rings (SSSR count). The molecule has 0 aromatic carbocycles. The van der Waals surface area contributed by atoms with E-state index in [2.05, 4.69) is 6.92 Å². The van der Waals surface area contributed by atoms with E-state index in [1.54, 1.807) is 0 Å². The first-order chi connectivity index (χ1) is 8.03. The van der Waals surface area contributed by atoms with Gasteiger partial charge >= 0.3 is 0 Å². The quantitative estimate of drug-likeness (QED) is 0.748. The standard InChI is InChI=1S/C13H24N2O2/c1-10-4-3-5-13(14,8-10)12(16)15-6-7-17-9-11(15)2/h10-11H,3-9,14H2,1-2H3/t10?,11-,13?/m1/s1. The van der Waals surface area contributed by atoms with Crippen LogP contribution in [0.5, 0.6) is 0 Å². The van der Waals surface area contributed by atoms with Gasteiger partial charge in [-0.05, 0) is 25.7 Å². The van der Waals surface area contributed by atoms with Crippen LogP contribution in [0.2, 0.25) is 0 Å². The Hall–Kier alpha value is -0.610. The number of hydrogen-bond donors (Lipinski definition) is 1.